The van der Waals surface area contributed by atoms with E-state index in [1.165, 1.54) is 5.56 Å². The van der Waals surface area contributed by atoms with E-state index in [1.807, 2.05) is 12.1 Å². The zero-order valence-electron chi connectivity index (χ0n) is 17.9. The summed E-state index contributed by atoms with van der Waals surface area (Å²) in [5, 5.41) is 10.3. The molecule has 2 aromatic carbocycles. The molecule has 6 heteroatoms. The van der Waals surface area contributed by atoms with E-state index < -0.39 is 6.10 Å². The molecular formula is C24H32N2O4. The van der Waals surface area contributed by atoms with Crippen molar-refractivity contribution in [2.24, 2.45) is 0 Å². The van der Waals surface area contributed by atoms with Crippen molar-refractivity contribution in [3.8, 4) is 11.5 Å². The van der Waals surface area contributed by atoms with Crippen LogP contribution in [0.2, 0.25) is 0 Å². The van der Waals surface area contributed by atoms with E-state index in [-0.39, 0.29) is 12.4 Å². The number of β-amino-alcohol motifs (C(OH)–C–C–N with tert-alkyl or cyclic N) is 1. The van der Waals surface area contributed by atoms with Gasteiger partial charge < -0.3 is 19.5 Å². The number of carbonyl (C=O) groups excluding carboxylic acids is 1. The number of hydrogen-bond donors (Lipinski definition) is 1. The number of piperazine rings is 1. The number of nitrogens with zero attached hydrogens (tertiary/aromatic N) is 2. The summed E-state index contributed by atoms with van der Waals surface area (Å²) in [6.07, 6.45) is 0.492. The number of Topliss-reactive ketones (excluding diaryl/α,β-unsaturated/α-hetero) is 1. The molecule has 1 unspecified atom stereocenters. The number of benzene rings is 2. The molecule has 0 radical (unpaired) electrons. The summed E-state index contributed by atoms with van der Waals surface area (Å²) < 4.78 is 10.9. The minimum atomic E-state index is -0.539. The Kier molecular flexibility index (Phi) is 8.25. The molecule has 1 saturated heterocycles. The molecule has 1 aliphatic heterocycles. The number of carbonyl (C=O) groups is 1. The molecule has 1 fully saturated rings. The number of ether oxygens (including phenoxy) is 2. The average Bonchev–Trinajstić information content (AvgIpc) is 2.78. The molecule has 6 nitrogen and oxygen atoms in total. The van der Waals surface area contributed by atoms with E-state index >= 15 is 0 Å². The SMILES string of the molecule is COc1ccc(CCN2CCN(CC(O)COc3ccc(C(C)=O)cc3)CC2)cc1. The van der Waals surface area contributed by atoms with Crippen molar-refractivity contribution in [2.45, 2.75) is 19.4 Å². The zero-order chi connectivity index (χ0) is 21.3. The highest BCUT2D eigenvalue weighted by Gasteiger charge is 2.19. The van der Waals surface area contributed by atoms with Crippen molar-refractivity contribution in [3.63, 3.8) is 0 Å². The average molecular weight is 413 g/mol. The Bertz CT molecular complexity index is 784. The largest absolute Gasteiger partial charge is 0.497 e. The lowest BCUT2D eigenvalue weighted by Gasteiger charge is -2.35. The van der Waals surface area contributed by atoms with Crippen LogP contribution >= 0.6 is 0 Å². The van der Waals surface area contributed by atoms with Gasteiger partial charge in [0.15, 0.2) is 5.78 Å². The van der Waals surface area contributed by atoms with Crippen molar-refractivity contribution < 1.29 is 19.4 Å². The van der Waals surface area contributed by atoms with Gasteiger partial charge >= 0.3 is 0 Å². The predicted molar refractivity (Wildman–Crippen MR) is 118 cm³/mol. The van der Waals surface area contributed by atoms with Crippen LogP contribution in [0.25, 0.3) is 0 Å². The molecule has 0 aromatic heterocycles. The quantitative estimate of drug-likeness (QED) is 0.605. The Labute approximate surface area is 179 Å². The van der Waals surface area contributed by atoms with E-state index in [1.54, 1.807) is 38.3 Å². The summed E-state index contributed by atoms with van der Waals surface area (Å²) in [4.78, 5) is 16.1. The van der Waals surface area contributed by atoms with Gasteiger partial charge in [-0.3, -0.25) is 9.69 Å². The molecule has 0 amide bonds. The van der Waals surface area contributed by atoms with E-state index in [9.17, 15) is 9.90 Å². The van der Waals surface area contributed by atoms with Crippen LogP contribution in [0.5, 0.6) is 11.5 Å². The van der Waals surface area contributed by atoms with Gasteiger partial charge in [-0.05, 0) is 55.3 Å². The molecule has 0 aliphatic carbocycles. The summed E-state index contributed by atoms with van der Waals surface area (Å²) in [6, 6.07) is 15.3. The van der Waals surface area contributed by atoms with Crippen LogP contribution in [-0.4, -0.2) is 79.8 Å². The van der Waals surface area contributed by atoms with Crippen LogP contribution in [0.15, 0.2) is 48.5 Å². The van der Waals surface area contributed by atoms with Crippen molar-refractivity contribution in [3.05, 3.63) is 59.7 Å². The maximum absolute atomic E-state index is 11.3. The van der Waals surface area contributed by atoms with Crippen molar-refractivity contribution in [1.82, 2.24) is 9.80 Å². The smallest absolute Gasteiger partial charge is 0.159 e. The molecule has 0 spiro atoms. The molecule has 1 aliphatic rings. The lowest BCUT2D eigenvalue weighted by molar-refractivity contribution is 0.0463. The third kappa shape index (κ3) is 6.83. The van der Waals surface area contributed by atoms with Gasteiger partial charge in [0.1, 0.15) is 24.2 Å². The molecule has 0 bridgehead atoms. The van der Waals surface area contributed by atoms with E-state index in [0.717, 1.165) is 44.9 Å². The third-order valence-corrected chi connectivity index (χ3v) is 5.51. The summed E-state index contributed by atoms with van der Waals surface area (Å²) >= 11 is 0. The standard InChI is InChI=1S/C24H32N2O4/c1-19(27)21-5-9-24(10-6-21)30-18-22(28)17-26-15-13-25(14-16-26)12-11-20-3-7-23(29-2)8-4-20/h3-10,22,28H,11-18H2,1-2H3. The van der Waals surface area contributed by atoms with Gasteiger partial charge in [-0.1, -0.05) is 12.1 Å². The van der Waals surface area contributed by atoms with Crippen LogP contribution in [0, 0.1) is 0 Å². The monoisotopic (exact) mass is 412 g/mol. The Morgan fingerprint density at radius 2 is 1.57 bits per heavy atom. The molecule has 1 N–H and O–H groups in total. The van der Waals surface area contributed by atoms with Crippen LogP contribution in [0.1, 0.15) is 22.8 Å². The highest BCUT2D eigenvalue weighted by molar-refractivity contribution is 5.94. The van der Waals surface area contributed by atoms with Gasteiger partial charge in [0.25, 0.3) is 0 Å². The number of methoxy groups -OCH3 is 1. The lowest BCUT2D eigenvalue weighted by atomic mass is 10.1. The highest BCUT2D eigenvalue weighted by atomic mass is 16.5. The number of ketones is 1. The van der Waals surface area contributed by atoms with Crippen molar-refractivity contribution in [1.29, 1.82) is 0 Å². The van der Waals surface area contributed by atoms with Crippen LogP contribution in [-0.2, 0) is 6.42 Å². The molecule has 0 saturated carbocycles. The number of aliphatic hydroxyl groups is 1. The first-order valence-corrected chi connectivity index (χ1v) is 10.5. The van der Waals surface area contributed by atoms with Gasteiger partial charge in [0.05, 0.1) is 7.11 Å². The van der Waals surface area contributed by atoms with Crippen molar-refractivity contribution in [2.75, 3.05) is 53.0 Å². The Balaban J connectivity index is 1.33. The number of aliphatic hydroxyl groups excluding tert-OH is 1. The van der Waals surface area contributed by atoms with Crippen LogP contribution in [0.3, 0.4) is 0 Å². The second-order valence-electron chi connectivity index (χ2n) is 7.79. The number of hydrogen-bond acceptors (Lipinski definition) is 6. The molecular weight excluding hydrogens is 380 g/mol. The van der Waals surface area contributed by atoms with Gasteiger partial charge in [-0.2, -0.15) is 0 Å². The van der Waals surface area contributed by atoms with E-state index in [0.29, 0.717) is 17.9 Å². The summed E-state index contributed by atoms with van der Waals surface area (Å²) in [6.45, 7) is 7.36. The summed E-state index contributed by atoms with van der Waals surface area (Å²) in [7, 11) is 1.68. The fraction of sp³-hybridized carbons (Fsp3) is 0.458. The minimum Gasteiger partial charge on any atom is -0.497 e. The van der Waals surface area contributed by atoms with E-state index in [2.05, 4.69) is 21.9 Å². The topological polar surface area (TPSA) is 62.2 Å². The molecule has 2 aromatic rings. The normalized spacial score (nSPS) is 16.2. The second-order valence-corrected chi connectivity index (χ2v) is 7.79. The Morgan fingerprint density at radius 1 is 0.967 bits per heavy atom. The molecule has 1 heterocycles. The van der Waals surface area contributed by atoms with Crippen LogP contribution < -0.4 is 9.47 Å². The van der Waals surface area contributed by atoms with Gasteiger partial charge in [0.2, 0.25) is 0 Å². The maximum Gasteiger partial charge on any atom is 0.159 e. The molecule has 30 heavy (non-hydrogen) atoms. The van der Waals surface area contributed by atoms with E-state index in [4.69, 9.17) is 9.47 Å². The van der Waals surface area contributed by atoms with Crippen molar-refractivity contribution >= 4 is 5.78 Å². The second kappa shape index (κ2) is 11.1. The summed E-state index contributed by atoms with van der Waals surface area (Å²) in [5.74, 6) is 1.59. The first kappa shape index (κ1) is 22.3. The Hall–Kier alpha value is -2.41. The predicted octanol–water partition coefficient (Wildman–Crippen LogP) is 2.50. The first-order chi connectivity index (χ1) is 14.5. The minimum absolute atomic E-state index is 0.0322. The van der Waals surface area contributed by atoms with Crippen LogP contribution in [0.4, 0.5) is 0 Å². The first-order valence-electron chi connectivity index (χ1n) is 10.5. The van der Waals surface area contributed by atoms with Gasteiger partial charge in [-0.25, -0.2) is 0 Å². The molecule has 3 rings (SSSR count). The van der Waals surface area contributed by atoms with Gasteiger partial charge in [0, 0.05) is 44.8 Å². The fourth-order valence-electron chi connectivity index (χ4n) is 3.60. The Morgan fingerprint density at radius 3 is 2.17 bits per heavy atom. The molecule has 1 atom stereocenters. The highest BCUT2D eigenvalue weighted by Crippen LogP contribution is 2.14. The summed E-state index contributed by atoms with van der Waals surface area (Å²) in [5.41, 5.74) is 1.98. The zero-order valence-corrected chi connectivity index (χ0v) is 17.9. The third-order valence-electron chi connectivity index (χ3n) is 5.51. The lowest BCUT2D eigenvalue weighted by Crippen LogP contribution is -2.49. The van der Waals surface area contributed by atoms with Gasteiger partial charge in [-0.15, -0.1) is 0 Å². The molecule has 162 valence electrons. The maximum atomic E-state index is 11.3. The fourth-order valence-corrected chi connectivity index (χ4v) is 3.60. The number of rotatable bonds is 10.